The SMILES string of the molecule is CCN(C)c1nnc(C(=O)NCC2CCCO2)c2ccccc12. The normalized spacial score (nSPS) is 17.4. The van der Waals surface area contributed by atoms with Crippen molar-refractivity contribution in [1.82, 2.24) is 15.5 Å². The van der Waals surface area contributed by atoms with E-state index in [0.717, 1.165) is 42.6 Å². The highest BCUT2D eigenvalue weighted by atomic mass is 16.5. The van der Waals surface area contributed by atoms with E-state index >= 15 is 0 Å². The monoisotopic (exact) mass is 314 g/mol. The summed E-state index contributed by atoms with van der Waals surface area (Å²) < 4.78 is 5.53. The summed E-state index contributed by atoms with van der Waals surface area (Å²) in [6, 6.07) is 7.75. The second-order valence-corrected chi connectivity index (χ2v) is 5.78. The number of carbonyl (C=O) groups excluding carboxylic acids is 1. The van der Waals surface area contributed by atoms with Crippen molar-refractivity contribution < 1.29 is 9.53 Å². The Balaban J connectivity index is 1.87. The molecule has 3 rings (SSSR count). The highest BCUT2D eigenvalue weighted by Crippen LogP contribution is 2.25. The van der Waals surface area contributed by atoms with Gasteiger partial charge in [-0.25, -0.2) is 0 Å². The molecule has 0 aliphatic carbocycles. The van der Waals surface area contributed by atoms with Crippen LogP contribution in [0.25, 0.3) is 10.8 Å². The first-order valence-electron chi connectivity index (χ1n) is 8.07. The molecule has 1 N–H and O–H groups in total. The maximum Gasteiger partial charge on any atom is 0.272 e. The van der Waals surface area contributed by atoms with Gasteiger partial charge in [0.25, 0.3) is 5.91 Å². The smallest absolute Gasteiger partial charge is 0.272 e. The molecule has 23 heavy (non-hydrogen) atoms. The van der Waals surface area contributed by atoms with Crippen molar-refractivity contribution in [1.29, 1.82) is 0 Å². The molecule has 0 radical (unpaired) electrons. The summed E-state index contributed by atoms with van der Waals surface area (Å²) in [5.41, 5.74) is 0.367. The predicted octanol–water partition coefficient (Wildman–Crippen LogP) is 1.99. The van der Waals surface area contributed by atoms with Gasteiger partial charge in [-0.1, -0.05) is 24.3 Å². The van der Waals surface area contributed by atoms with Gasteiger partial charge in [0, 0.05) is 37.5 Å². The molecule has 6 nitrogen and oxygen atoms in total. The van der Waals surface area contributed by atoms with E-state index in [-0.39, 0.29) is 12.0 Å². The molecular weight excluding hydrogens is 292 g/mol. The van der Waals surface area contributed by atoms with Gasteiger partial charge in [0.2, 0.25) is 0 Å². The number of nitrogens with zero attached hydrogens (tertiary/aromatic N) is 3. The maximum absolute atomic E-state index is 12.5. The Hall–Kier alpha value is -2.21. The van der Waals surface area contributed by atoms with Crippen LogP contribution in [0.5, 0.6) is 0 Å². The lowest BCUT2D eigenvalue weighted by atomic mass is 10.1. The van der Waals surface area contributed by atoms with Crippen LogP contribution >= 0.6 is 0 Å². The van der Waals surface area contributed by atoms with E-state index in [1.54, 1.807) is 0 Å². The molecule has 1 amide bonds. The minimum atomic E-state index is -0.199. The number of anilines is 1. The first-order chi connectivity index (χ1) is 11.2. The maximum atomic E-state index is 12.5. The molecule has 0 bridgehead atoms. The molecule has 1 saturated heterocycles. The number of fused-ring (bicyclic) bond motifs is 1. The molecule has 1 aromatic carbocycles. The van der Waals surface area contributed by atoms with Crippen molar-refractivity contribution in [3.63, 3.8) is 0 Å². The highest BCUT2D eigenvalue weighted by molar-refractivity contribution is 6.07. The number of hydrogen-bond acceptors (Lipinski definition) is 5. The quantitative estimate of drug-likeness (QED) is 0.914. The number of amides is 1. The molecule has 1 atom stereocenters. The molecular formula is C17H22N4O2. The number of hydrogen-bond donors (Lipinski definition) is 1. The van der Waals surface area contributed by atoms with Gasteiger partial charge in [0.1, 0.15) is 0 Å². The van der Waals surface area contributed by atoms with Gasteiger partial charge in [0.15, 0.2) is 11.5 Å². The van der Waals surface area contributed by atoms with Crippen molar-refractivity contribution in [2.45, 2.75) is 25.9 Å². The largest absolute Gasteiger partial charge is 0.376 e. The summed E-state index contributed by atoms with van der Waals surface area (Å²) in [5.74, 6) is 0.591. The van der Waals surface area contributed by atoms with Crippen LogP contribution in [0, 0.1) is 0 Å². The van der Waals surface area contributed by atoms with Gasteiger partial charge in [-0.05, 0) is 19.8 Å². The Morgan fingerprint density at radius 2 is 2.13 bits per heavy atom. The van der Waals surface area contributed by atoms with Crippen LogP contribution in [-0.2, 0) is 4.74 Å². The minimum Gasteiger partial charge on any atom is -0.376 e. The van der Waals surface area contributed by atoms with Gasteiger partial charge < -0.3 is 15.0 Å². The highest BCUT2D eigenvalue weighted by Gasteiger charge is 2.20. The van der Waals surface area contributed by atoms with Crippen molar-refractivity contribution in [3.8, 4) is 0 Å². The van der Waals surface area contributed by atoms with Crippen LogP contribution in [0.2, 0.25) is 0 Å². The van der Waals surface area contributed by atoms with Gasteiger partial charge >= 0.3 is 0 Å². The van der Waals surface area contributed by atoms with Crippen molar-refractivity contribution in [2.75, 3.05) is 31.6 Å². The lowest BCUT2D eigenvalue weighted by Crippen LogP contribution is -2.32. The molecule has 2 aromatic rings. The Labute approximate surface area is 135 Å². The fraction of sp³-hybridized carbons (Fsp3) is 0.471. The van der Waals surface area contributed by atoms with E-state index in [4.69, 9.17) is 4.74 Å². The van der Waals surface area contributed by atoms with Crippen LogP contribution in [0.4, 0.5) is 5.82 Å². The van der Waals surface area contributed by atoms with E-state index in [0.29, 0.717) is 12.2 Å². The van der Waals surface area contributed by atoms with Crippen LogP contribution in [0.1, 0.15) is 30.3 Å². The van der Waals surface area contributed by atoms with Crippen LogP contribution in [0.15, 0.2) is 24.3 Å². The number of rotatable bonds is 5. The van der Waals surface area contributed by atoms with Crippen molar-refractivity contribution in [3.05, 3.63) is 30.0 Å². The summed E-state index contributed by atoms with van der Waals surface area (Å²) in [6.45, 7) is 4.18. The number of carbonyl (C=O) groups is 1. The van der Waals surface area contributed by atoms with Crippen LogP contribution in [0.3, 0.4) is 0 Å². The fourth-order valence-corrected chi connectivity index (χ4v) is 2.78. The molecule has 1 aliphatic heterocycles. The lowest BCUT2D eigenvalue weighted by molar-refractivity contribution is 0.0854. The summed E-state index contributed by atoms with van der Waals surface area (Å²) in [6.07, 6.45) is 2.16. The molecule has 1 unspecified atom stereocenters. The first-order valence-corrected chi connectivity index (χ1v) is 8.07. The average molecular weight is 314 g/mol. The molecule has 0 spiro atoms. The Morgan fingerprint density at radius 1 is 1.35 bits per heavy atom. The number of nitrogens with one attached hydrogen (secondary N) is 1. The summed E-state index contributed by atoms with van der Waals surface area (Å²) in [7, 11) is 1.97. The molecule has 0 saturated carbocycles. The number of benzene rings is 1. The predicted molar refractivity (Wildman–Crippen MR) is 89.8 cm³/mol. The summed E-state index contributed by atoms with van der Waals surface area (Å²) in [5, 5.41) is 13.1. The second-order valence-electron chi connectivity index (χ2n) is 5.78. The Morgan fingerprint density at radius 3 is 2.83 bits per heavy atom. The zero-order valence-electron chi connectivity index (χ0n) is 13.6. The second kappa shape index (κ2) is 6.91. The van der Waals surface area contributed by atoms with E-state index in [2.05, 4.69) is 22.4 Å². The summed E-state index contributed by atoms with van der Waals surface area (Å²) >= 11 is 0. The fourth-order valence-electron chi connectivity index (χ4n) is 2.78. The minimum absolute atomic E-state index is 0.115. The number of aromatic nitrogens is 2. The van der Waals surface area contributed by atoms with Gasteiger partial charge in [-0.2, -0.15) is 0 Å². The van der Waals surface area contributed by atoms with Gasteiger partial charge in [-0.15, -0.1) is 10.2 Å². The lowest BCUT2D eigenvalue weighted by Gasteiger charge is -2.18. The molecule has 122 valence electrons. The van der Waals surface area contributed by atoms with E-state index in [1.807, 2.05) is 36.2 Å². The molecule has 6 heteroatoms. The zero-order valence-corrected chi connectivity index (χ0v) is 13.6. The third-order valence-corrected chi connectivity index (χ3v) is 4.23. The van der Waals surface area contributed by atoms with Gasteiger partial charge in [0.05, 0.1) is 6.10 Å². The number of ether oxygens (including phenoxy) is 1. The van der Waals surface area contributed by atoms with E-state index in [1.165, 1.54) is 0 Å². The molecule has 1 fully saturated rings. The third kappa shape index (κ3) is 3.27. The van der Waals surface area contributed by atoms with Crippen molar-refractivity contribution in [2.24, 2.45) is 0 Å². The Bertz CT molecular complexity index is 698. The van der Waals surface area contributed by atoms with Crippen LogP contribution in [-0.4, -0.2) is 49.0 Å². The molecule has 1 aliphatic rings. The first kappa shape index (κ1) is 15.7. The summed E-state index contributed by atoms with van der Waals surface area (Å²) in [4.78, 5) is 14.5. The molecule has 2 heterocycles. The topological polar surface area (TPSA) is 67.4 Å². The van der Waals surface area contributed by atoms with E-state index < -0.39 is 0 Å². The standard InChI is InChI=1S/C17H22N4O2/c1-3-21(2)16-14-9-5-4-8-13(14)15(19-20-16)17(22)18-11-12-7-6-10-23-12/h4-5,8-9,12H,3,6-7,10-11H2,1-2H3,(H,18,22). The Kier molecular flexibility index (Phi) is 4.71. The van der Waals surface area contributed by atoms with Gasteiger partial charge in [-0.3, -0.25) is 4.79 Å². The third-order valence-electron chi connectivity index (χ3n) is 4.23. The molecule has 1 aromatic heterocycles. The zero-order chi connectivity index (χ0) is 16.2. The van der Waals surface area contributed by atoms with Crippen LogP contribution < -0.4 is 10.2 Å². The van der Waals surface area contributed by atoms with Crippen molar-refractivity contribution >= 4 is 22.5 Å². The average Bonchev–Trinajstić information content (AvgIpc) is 3.11. The van der Waals surface area contributed by atoms with E-state index in [9.17, 15) is 4.79 Å².